The Morgan fingerprint density at radius 2 is 1.78 bits per heavy atom. The van der Waals surface area contributed by atoms with Gasteiger partial charge in [-0.25, -0.2) is 4.39 Å². The number of ether oxygens (including phenoxy) is 2. The molecule has 2 N–H and O–H groups in total. The van der Waals surface area contributed by atoms with E-state index in [1.54, 1.807) is 29.6 Å². The summed E-state index contributed by atoms with van der Waals surface area (Å²) in [6, 6.07) is 9.58. The molecule has 0 fully saturated rings. The zero-order valence-electron chi connectivity index (χ0n) is 14.6. The van der Waals surface area contributed by atoms with Crippen molar-refractivity contribution in [2.24, 2.45) is 0 Å². The number of hydrogen-bond donors (Lipinski definition) is 2. The number of para-hydroxylation sites is 2. The number of amides is 1. The zero-order valence-corrected chi connectivity index (χ0v) is 14.6. The number of methoxy groups -OCH3 is 1. The topological polar surface area (TPSA) is 59.6 Å². The summed E-state index contributed by atoms with van der Waals surface area (Å²) in [6.07, 6.45) is -4.50. The molecule has 1 atom stereocenters. The van der Waals surface area contributed by atoms with E-state index in [0.29, 0.717) is 11.5 Å². The van der Waals surface area contributed by atoms with Gasteiger partial charge in [0.1, 0.15) is 12.6 Å². The minimum atomic E-state index is -4.50. The van der Waals surface area contributed by atoms with Gasteiger partial charge in [0.25, 0.3) is 0 Å². The lowest BCUT2D eigenvalue weighted by Crippen LogP contribution is -2.42. The van der Waals surface area contributed by atoms with Crippen molar-refractivity contribution in [2.75, 3.05) is 19.0 Å². The number of hydrogen-bond acceptors (Lipinski definition) is 4. The van der Waals surface area contributed by atoms with Gasteiger partial charge in [0.15, 0.2) is 23.1 Å². The van der Waals surface area contributed by atoms with Gasteiger partial charge in [-0.1, -0.05) is 12.1 Å². The van der Waals surface area contributed by atoms with E-state index < -0.39 is 30.5 Å². The van der Waals surface area contributed by atoms with E-state index in [1.807, 2.05) is 0 Å². The lowest BCUT2D eigenvalue weighted by atomic mass is 10.2. The van der Waals surface area contributed by atoms with Gasteiger partial charge in [-0.2, -0.15) is 13.2 Å². The Morgan fingerprint density at radius 3 is 2.37 bits per heavy atom. The lowest BCUT2D eigenvalue weighted by Gasteiger charge is -2.17. The first kappa shape index (κ1) is 20.3. The molecule has 0 heterocycles. The molecule has 1 unspecified atom stereocenters. The molecule has 0 saturated heterocycles. The minimum Gasteiger partial charge on any atom is -0.493 e. The summed E-state index contributed by atoms with van der Waals surface area (Å²) < 4.78 is 61.3. The van der Waals surface area contributed by atoms with Crippen LogP contribution in [0.1, 0.15) is 6.92 Å². The predicted octanol–water partition coefficient (Wildman–Crippen LogP) is 4.11. The summed E-state index contributed by atoms with van der Waals surface area (Å²) in [5.41, 5.74) is 0.217. The van der Waals surface area contributed by atoms with Gasteiger partial charge in [0, 0.05) is 11.8 Å². The molecule has 146 valence electrons. The fourth-order valence-electron chi connectivity index (χ4n) is 2.15. The van der Waals surface area contributed by atoms with Crippen LogP contribution in [0.4, 0.5) is 23.2 Å². The van der Waals surface area contributed by atoms with Gasteiger partial charge in [-0.15, -0.1) is 0 Å². The number of halogens is 4. The molecule has 0 aliphatic heterocycles. The van der Waals surface area contributed by atoms with E-state index in [4.69, 9.17) is 9.47 Å². The molecule has 0 spiro atoms. The van der Waals surface area contributed by atoms with Crippen LogP contribution in [0.2, 0.25) is 0 Å². The van der Waals surface area contributed by atoms with Crippen molar-refractivity contribution < 1.29 is 31.8 Å². The summed E-state index contributed by atoms with van der Waals surface area (Å²) in [7, 11) is 1.46. The second-order valence-corrected chi connectivity index (χ2v) is 5.60. The summed E-state index contributed by atoms with van der Waals surface area (Å²) in [5.74, 6) is -0.899. The Balaban J connectivity index is 2.02. The summed E-state index contributed by atoms with van der Waals surface area (Å²) in [6.45, 7) is -0.0687. The van der Waals surface area contributed by atoms with Crippen LogP contribution in [0.3, 0.4) is 0 Å². The molecule has 2 aromatic carbocycles. The quantitative estimate of drug-likeness (QED) is 0.704. The maximum atomic E-state index is 14.3. The van der Waals surface area contributed by atoms with Crippen molar-refractivity contribution in [1.29, 1.82) is 0 Å². The molecule has 9 heteroatoms. The fourth-order valence-corrected chi connectivity index (χ4v) is 2.15. The number of rotatable bonds is 7. The van der Waals surface area contributed by atoms with Crippen LogP contribution < -0.4 is 20.1 Å². The zero-order chi connectivity index (χ0) is 20.0. The standard InChI is InChI=1S/C18H18F4N2O3/c1-11(17(25)23-10-18(20,21)22)24-12-7-8-14(13(19)9-12)27-16-6-4-3-5-15(16)26-2/h3-9,11,24H,10H2,1-2H3,(H,23,25). The molecule has 0 aromatic heterocycles. The Morgan fingerprint density at radius 1 is 1.11 bits per heavy atom. The van der Waals surface area contributed by atoms with Gasteiger partial charge in [0.2, 0.25) is 5.91 Å². The first-order chi connectivity index (χ1) is 12.7. The van der Waals surface area contributed by atoms with Crippen LogP contribution in [0.5, 0.6) is 17.2 Å². The van der Waals surface area contributed by atoms with E-state index in [9.17, 15) is 22.4 Å². The smallest absolute Gasteiger partial charge is 0.405 e. The third-order valence-electron chi connectivity index (χ3n) is 3.46. The molecule has 27 heavy (non-hydrogen) atoms. The molecule has 0 radical (unpaired) electrons. The molecule has 1 amide bonds. The number of anilines is 1. The van der Waals surface area contributed by atoms with Gasteiger partial charge < -0.3 is 20.1 Å². The third-order valence-corrected chi connectivity index (χ3v) is 3.46. The molecule has 2 aromatic rings. The molecule has 2 rings (SSSR count). The highest BCUT2D eigenvalue weighted by molar-refractivity contribution is 5.84. The first-order valence-corrected chi connectivity index (χ1v) is 7.91. The van der Waals surface area contributed by atoms with Crippen LogP contribution in [-0.2, 0) is 4.79 Å². The normalized spacial score (nSPS) is 12.2. The van der Waals surface area contributed by atoms with Crippen molar-refractivity contribution in [1.82, 2.24) is 5.32 Å². The molecule has 5 nitrogen and oxygen atoms in total. The summed E-state index contributed by atoms with van der Waals surface area (Å²) >= 11 is 0. The molecule has 0 aliphatic carbocycles. The van der Waals surface area contributed by atoms with Crippen LogP contribution in [0.25, 0.3) is 0 Å². The van der Waals surface area contributed by atoms with Gasteiger partial charge in [0.05, 0.1) is 7.11 Å². The summed E-state index contributed by atoms with van der Waals surface area (Å²) in [4.78, 5) is 11.7. The average molecular weight is 386 g/mol. The molecular weight excluding hydrogens is 368 g/mol. The van der Waals surface area contributed by atoms with Crippen LogP contribution in [0, 0.1) is 5.82 Å². The van der Waals surface area contributed by atoms with Crippen molar-refractivity contribution in [3.63, 3.8) is 0 Å². The molecule has 0 bridgehead atoms. The third kappa shape index (κ3) is 6.05. The second kappa shape index (κ2) is 8.61. The van der Waals surface area contributed by atoms with Crippen molar-refractivity contribution in [3.8, 4) is 17.2 Å². The predicted molar refractivity (Wildman–Crippen MR) is 91.6 cm³/mol. The number of alkyl halides is 3. The van der Waals surface area contributed by atoms with Gasteiger partial charge in [-0.05, 0) is 31.2 Å². The fraction of sp³-hybridized carbons (Fsp3) is 0.278. The Hall–Kier alpha value is -2.97. The second-order valence-electron chi connectivity index (χ2n) is 5.60. The van der Waals surface area contributed by atoms with Gasteiger partial charge in [-0.3, -0.25) is 4.79 Å². The van der Waals surface area contributed by atoms with E-state index >= 15 is 0 Å². The van der Waals surface area contributed by atoms with E-state index in [-0.39, 0.29) is 11.4 Å². The Kier molecular flexibility index (Phi) is 6.49. The molecular formula is C18H18F4N2O3. The number of nitrogens with one attached hydrogen (secondary N) is 2. The van der Waals surface area contributed by atoms with E-state index in [0.717, 1.165) is 6.07 Å². The largest absolute Gasteiger partial charge is 0.493 e. The van der Waals surface area contributed by atoms with Crippen molar-refractivity contribution in [3.05, 3.63) is 48.3 Å². The van der Waals surface area contributed by atoms with Crippen LogP contribution in [0.15, 0.2) is 42.5 Å². The monoisotopic (exact) mass is 386 g/mol. The molecule has 0 saturated carbocycles. The van der Waals surface area contributed by atoms with Crippen LogP contribution >= 0.6 is 0 Å². The van der Waals surface area contributed by atoms with E-state index in [1.165, 1.54) is 26.2 Å². The van der Waals surface area contributed by atoms with Crippen molar-refractivity contribution >= 4 is 11.6 Å². The average Bonchev–Trinajstić information content (AvgIpc) is 2.61. The van der Waals surface area contributed by atoms with Crippen molar-refractivity contribution in [2.45, 2.75) is 19.1 Å². The van der Waals surface area contributed by atoms with Gasteiger partial charge >= 0.3 is 6.18 Å². The number of carbonyl (C=O) groups is 1. The Labute approximate surface area is 153 Å². The maximum absolute atomic E-state index is 14.3. The minimum absolute atomic E-state index is 0.0702. The highest BCUT2D eigenvalue weighted by Gasteiger charge is 2.28. The maximum Gasteiger partial charge on any atom is 0.405 e. The Bertz CT molecular complexity index is 796. The van der Waals surface area contributed by atoms with Crippen LogP contribution in [-0.4, -0.2) is 31.8 Å². The van der Waals surface area contributed by atoms with E-state index in [2.05, 4.69) is 5.32 Å². The molecule has 0 aliphatic rings. The first-order valence-electron chi connectivity index (χ1n) is 7.91. The number of benzene rings is 2. The summed E-state index contributed by atoms with van der Waals surface area (Å²) in [5, 5.41) is 4.39. The highest BCUT2D eigenvalue weighted by atomic mass is 19.4. The SMILES string of the molecule is COc1ccccc1Oc1ccc(NC(C)C(=O)NCC(F)(F)F)cc1F. The lowest BCUT2D eigenvalue weighted by molar-refractivity contribution is -0.138. The number of carbonyl (C=O) groups excluding carboxylic acids is 1. The highest BCUT2D eigenvalue weighted by Crippen LogP contribution is 2.33.